The molecule has 1 unspecified atom stereocenters. The molecule has 0 radical (unpaired) electrons. The molecule has 2 nitrogen and oxygen atoms in total. The maximum atomic E-state index is 10.3. The Morgan fingerprint density at radius 2 is 2.06 bits per heavy atom. The zero-order chi connectivity index (χ0) is 11.5. The summed E-state index contributed by atoms with van der Waals surface area (Å²) in [6.45, 7) is 0. The van der Waals surface area contributed by atoms with Crippen molar-refractivity contribution >= 4 is 11.6 Å². The van der Waals surface area contributed by atoms with Gasteiger partial charge in [0.1, 0.15) is 5.75 Å². The lowest BCUT2D eigenvalue weighted by molar-refractivity contribution is 0.108. The van der Waals surface area contributed by atoms with Gasteiger partial charge in [-0.15, -0.1) is 0 Å². The summed E-state index contributed by atoms with van der Waals surface area (Å²) in [5.74, 6) is 1.08. The molecule has 0 aromatic heterocycles. The lowest BCUT2D eigenvalue weighted by Crippen LogP contribution is -2.10. The molecule has 1 aromatic carbocycles. The normalized spacial score (nSPS) is 18.7. The molecule has 1 aromatic rings. The van der Waals surface area contributed by atoms with Crippen LogP contribution in [0, 0.1) is 5.92 Å². The highest BCUT2D eigenvalue weighted by molar-refractivity contribution is 6.30. The fraction of sp³-hybridized carbons (Fsp3) is 0.538. The Kier molecular flexibility index (Phi) is 3.72. The van der Waals surface area contributed by atoms with Gasteiger partial charge in [0.05, 0.1) is 13.2 Å². The van der Waals surface area contributed by atoms with Crippen LogP contribution in [0.4, 0.5) is 0 Å². The largest absolute Gasteiger partial charge is 0.496 e. The molecule has 0 aliphatic heterocycles. The Hall–Kier alpha value is -0.730. The fourth-order valence-corrected chi connectivity index (χ4v) is 2.64. The molecule has 0 amide bonds. The predicted octanol–water partition coefficient (Wildman–Crippen LogP) is 3.57. The van der Waals surface area contributed by atoms with Crippen molar-refractivity contribution in [1.82, 2.24) is 0 Å². The van der Waals surface area contributed by atoms with Gasteiger partial charge in [0.2, 0.25) is 0 Å². The third kappa shape index (κ3) is 2.33. The van der Waals surface area contributed by atoms with E-state index in [1.54, 1.807) is 13.2 Å². The van der Waals surface area contributed by atoms with E-state index >= 15 is 0 Å². The summed E-state index contributed by atoms with van der Waals surface area (Å²) < 4.78 is 5.26. The first kappa shape index (κ1) is 11.7. The standard InChI is InChI=1S/C13H17ClO2/c1-16-12-7-6-10(14)8-11(12)13(15)9-4-2-3-5-9/h6-9,13,15H,2-5H2,1H3. The van der Waals surface area contributed by atoms with Gasteiger partial charge < -0.3 is 9.84 Å². The van der Waals surface area contributed by atoms with E-state index in [4.69, 9.17) is 16.3 Å². The van der Waals surface area contributed by atoms with Crippen molar-refractivity contribution in [1.29, 1.82) is 0 Å². The van der Waals surface area contributed by atoms with E-state index in [9.17, 15) is 5.11 Å². The number of methoxy groups -OCH3 is 1. The average Bonchev–Trinajstić information content (AvgIpc) is 2.81. The second-order valence-corrected chi connectivity index (χ2v) is 4.81. The average molecular weight is 241 g/mol. The van der Waals surface area contributed by atoms with Gasteiger partial charge in [-0.05, 0) is 37.0 Å². The number of halogens is 1. The molecule has 88 valence electrons. The Morgan fingerprint density at radius 3 is 2.69 bits per heavy atom. The number of hydrogen-bond acceptors (Lipinski definition) is 2. The number of aliphatic hydroxyl groups excluding tert-OH is 1. The molecule has 1 aliphatic rings. The molecular formula is C13H17ClO2. The van der Waals surface area contributed by atoms with Gasteiger partial charge in [-0.2, -0.15) is 0 Å². The molecule has 1 fully saturated rings. The highest BCUT2D eigenvalue weighted by atomic mass is 35.5. The van der Waals surface area contributed by atoms with E-state index in [1.807, 2.05) is 12.1 Å². The van der Waals surface area contributed by atoms with Crippen LogP contribution in [0.2, 0.25) is 5.02 Å². The topological polar surface area (TPSA) is 29.5 Å². The van der Waals surface area contributed by atoms with Gasteiger partial charge in [-0.3, -0.25) is 0 Å². The van der Waals surface area contributed by atoms with Crippen LogP contribution in [0.15, 0.2) is 18.2 Å². The molecule has 3 heteroatoms. The first-order valence-electron chi connectivity index (χ1n) is 5.74. The number of hydrogen-bond donors (Lipinski definition) is 1. The van der Waals surface area contributed by atoms with Crippen molar-refractivity contribution in [2.45, 2.75) is 31.8 Å². The van der Waals surface area contributed by atoms with Crippen LogP contribution in [0.5, 0.6) is 5.75 Å². The van der Waals surface area contributed by atoms with Gasteiger partial charge in [-0.1, -0.05) is 24.4 Å². The molecule has 1 saturated carbocycles. The van der Waals surface area contributed by atoms with Crippen molar-refractivity contribution in [2.75, 3.05) is 7.11 Å². The number of aliphatic hydroxyl groups is 1. The van der Waals surface area contributed by atoms with E-state index < -0.39 is 6.10 Å². The Morgan fingerprint density at radius 1 is 1.38 bits per heavy atom. The van der Waals surface area contributed by atoms with Crippen molar-refractivity contribution in [3.05, 3.63) is 28.8 Å². The molecule has 0 spiro atoms. The van der Waals surface area contributed by atoms with Gasteiger partial charge in [0.15, 0.2) is 0 Å². The Bertz CT molecular complexity index is 359. The van der Waals surface area contributed by atoms with Crippen LogP contribution in [0.1, 0.15) is 37.4 Å². The maximum absolute atomic E-state index is 10.3. The van der Waals surface area contributed by atoms with Crippen molar-refractivity contribution in [2.24, 2.45) is 5.92 Å². The van der Waals surface area contributed by atoms with Crippen molar-refractivity contribution < 1.29 is 9.84 Å². The third-order valence-corrected chi connectivity index (χ3v) is 3.59. The monoisotopic (exact) mass is 240 g/mol. The van der Waals surface area contributed by atoms with E-state index in [0.29, 0.717) is 10.9 Å². The highest BCUT2D eigenvalue weighted by Gasteiger charge is 2.26. The molecule has 0 saturated heterocycles. The van der Waals surface area contributed by atoms with Gasteiger partial charge in [0.25, 0.3) is 0 Å². The Balaban J connectivity index is 2.26. The second kappa shape index (κ2) is 5.07. The predicted molar refractivity (Wildman–Crippen MR) is 64.9 cm³/mol. The second-order valence-electron chi connectivity index (χ2n) is 4.38. The van der Waals surface area contributed by atoms with Crippen LogP contribution in [-0.2, 0) is 0 Å². The summed E-state index contributed by atoms with van der Waals surface area (Å²) in [4.78, 5) is 0. The number of rotatable bonds is 3. The summed E-state index contributed by atoms with van der Waals surface area (Å²) in [5.41, 5.74) is 0.821. The van der Waals surface area contributed by atoms with Gasteiger partial charge in [-0.25, -0.2) is 0 Å². The molecule has 2 rings (SSSR count). The third-order valence-electron chi connectivity index (χ3n) is 3.36. The summed E-state index contributed by atoms with van der Waals surface area (Å²) >= 11 is 5.96. The molecule has 1 atom stereocenters. The summed E-state index contributed by atoms with van der Waals surface area (Å²) in [6.07, 6.45) is 4.17. The summed E-state index contributed by atoms with van der Waals surface area (Å²) in [5, 5.41) is 11.0. The molecule has 0 bridgehead atoms. The first-order chi connectivity index (χ1) is 7.72. The minimum atomic E-state index is -0.448. The summed E-state index contributed by atoms with van der Waals surface area (Å²) in [7, 11) is 1.62. The quantitative estimate of drug-likeness (QED) is 0.875. The summed E-state index contributed by atoms with van der Waals surface area (Å²) in [6, 6.07) is 5.41. The van der Waals surface area contributed by atoms with Gasteiger partial charge >= 0.3 is 0 Å². The number of benzene rings is 1. The van der Waals surface area contributed by atoms with Crippen LogP contribution >= 0.6 is 11.6 Å². The highest BCUT2D eigenvalue weighted by Crippen LogP contribution is 2.39. The van der Waals surface area contributed by atoms with Crippen molar-refractivity contribution in [3.63, 3.8) is 0 Å². The zero-order valence-electron chi connectivity index (χ0n) is 9.45. The smallest absolute Gasteiger partial charge is 0.124 e. The van der Waals surface area contributed by atoms with E-state index in [-0.39, 0.29) is 0 Å². The van der Waals surface area contributed by atoms with Crippen LogP contribution in [0.3, 0.4) is 0 Å². The SMILES string of the molecule is COc1ccc(Cl)cc1C(O)C1CCCC1. The van der Waals surface area contributed by atoms with E-state index in [0.717, 1.165) is 24.2 Å². The van der Waals surface area contributed by atoms with Crippen LogP contribution < -0.4 is 4.74 Å². The van der Waals surface area contributed by atoms with E-state index in [2.05, 4.69) is 0 Å². The first-order valence-corrected chi connectivity index (χ1v) is 6.11. The zero-order valence-corrected chi connectivity index (χ0v) is 10.2. The number of ether oxygens (including phenoxy) is 1. The maximum Gasteiger partial charge on any atom is 0.124 e. The van der Waals surface area contributed by atoms with Crippen LogP contribution in [0.25, 0.3) is 0 Å². The molecular weight excluding hydrogens is 224 g/mol. The van der Waals surface area contributed by atoms with Crippen LogP contribution in [-0.4, -0.2) is 12.2 Å². The minimum absolute atomic E-state index is 0.354. The molecule has 1 N–H and O–H groups in total. The lowest BCUT2D eigenvalue weighted by atomic mass is 9.94. The van der Waals surface area contributed by atoms with E-state index in [1.165, 1.54) is 12.8 Å². The van der Waals surface area contributed by atoms with Crippen molar-refractivity contribution in [3.8, 4) is 5.75 Å². The fourth-order valence-electron chi connectivity index (χ4n) is 2.46. The lowest BCUT2D eigenvalue weighted by Gasteiger charge is -2.20. The Labute approximate surface area is 101 Å². The molecule has 16 heavy (non-hydrogen) atoms. The minimum Gasteiger partial charge on any atom is -0.496 e. The van der Waals surface area contributed by atoms with Gasteiger partial charge in [0, 0.05) is 10.6 Å². The molecule has 1 aliphatic carbocycles. The molecule has 0 heterocycles.